The minimum absolute atomic E-state index is 0. The van der Waals surface area contributed by atoms with E-state index in [1.54, 1.807) is 0 Å². The van der Waals surface area contributed by atoms with Crippen molar-refractivity contribution >= 4 is 41.8 Å². The zero-order valence-electron chi connectivity index (χ0n) is 13.3. The van der Waals surface area contributed by atoms with Gasteiger partial charge < -0.3 is 4.90 Å². The molecule has 2 aromatic rings. The Morgan fingerprint density at radius 3 is 2.57 bits per heavy atom. The van der Waals surface area contributed by atoms with Gasteiger partial charge in [-0.25, -0.2) is 0 Å². The summed E-state index contributed by atoms with van der Waals surface area (Å²) in [5, 5.41) is 0.766. The lowest BCUT2D eigenvalue weighted by Gasteiger charge is -2.30. The maximum absolute atomic E-state index is 6.19. The first-order valence-electron chi connectivity index (χ1n) is 7.88. The molecule has 1 aliphatic heterocycles. The van der Waals surface area contributed by atoms with Gasteiger partial charge in [-0.3, -0.25) is 4.98 Å². The van der Waals surface area contributed by atoms with Crippen molar-refractivity contribution in [3.05, 3.63) is 58.4 Å². The molecule has 0 atom stereocenters. The van der Waals surface area contributed by atoms with E-state index in [1.165, 1.54) is 30.5 Å². The first-order valence-corrected chi connectivity index (χ1v) is 8.26. The molecule has 23 heavy (non-hydrogen) atoms. The van der Waals surface area contributed by atoms with Gasteiger partial charge in [0.25, 0.3) is 0 Å². The van der Waals surface area contributed by atoms with Crippen LogP contribution in [0.4, 0.5) is 5.69 Å². The lowest BCUT2D eigenvalue weighted by Crippen LogP contribution is -2.30. The highest BCUT2D eigenvalue weighted by Gasteiger charge is 2.13. The summed E-state index contributed by atoms with van der Waals surface area (Å²) in [5.41, 5.74) is 4.56. The number of aryl methyl sites for hydroxylation is 1. The summed E-state index contributed by atoms with van der Waals surface area (Å²) in [5.74, 6) is 0. The molecule has 1 fully saturated rings. The van der Waals surface area contributed by atoms with Gasteiger partial charge in [0.05, 0.1) is 5.69 Å². The summed E-state index contributed by atoms with van der Waals surface area (Å²) >= 11 is 6.19. The van der Waals surface area contributed by atoms with Gasteiger partial charge in [-0.15, -0.1) is 12.4 Å². The first-order chi connectivity index (χ1) is 10.7. The lowest BCUT2D eigenvalue weighted by atomic mass is 10.1. The van der Waals surface area contributed by atoms with Gasteiger partial charge >= 0.3 is 0 Å². The van der Waals surface area contributed by atoms with E-state index >= 15 is 0 Å². The average Bonchev–Trinajstić information content (AvgIpc) is 2.56. The molecule has 2 nitrogen and oxygen atoms in total. The van der Waals surface area contributed by atoms with Crippen molar-refractivity contribution in [1.29, 1.82) is 0 Å². The zero-order chi connectivity index (χ0) is 15.4. The van der Waals surface area contributed by atoms with Crippen molar-refractivity contribution in [3.8, 4) is 0 Å². The van der Waals surface area contributed by atoms with Crippen LogP contribution in [-0.4, -0.2) is 18.1 Å². The second kappa shape index (κ2) is 8.37. The van der Waals surface area contributed by atoms with Crippen LogP contribution in [0.3, 0.4) is 0 Å². The van der Waals surface area contributed by atoms with Crippen LogP contribution in [0, 0.1) is 6.92 Å². The highest BCUT2D eigenvalue weighted by Crippen LogP contribution is 2.25. The van der Waals surface area contributed by atoms with E-state index in [0.717, 1.165) is 29.4 Å². The van der Waals surface area contributed by atoms with Crippen molar-refractivity contribution in [2.75, 3.05) is 18.0 Å². The summed E-state index contributed by atoms with van der Waals surface area (Å²) < 4.78 is 0. The van der Waals surface area contributed by atoms with Gasteiger partial charge in [0, 0.05) is 30.0 Å². The number of nitrogens with zero attached hydrogens (tertiary/aromatic N) is 2. The highest BCUT2D eigenvalue weighted by molar-refractivity contribution is 6.32. The molecule has 0 spiro atoms. The van der Waals surface area contributed by atoms with Gasteiger partial charge in [0.2, 0.25) is 0 Å². The molecular weight excluding hydrogens is 327 g/mol. The molecule has 2 heterocycles. The third-order valence-electron chi connectivity index (χ3n) is 4.13. The third-order valence-corrected chi connectivity index (χ3v) is 4.48. The highest BCUT2D eigenvalue weighted by atomic mass is 35.5. The van der Waals surface area contributed by atoms with Gasteiger partial charge in [-0.05, 0) is 55.5 Å². The summed E-state index contributed by atoms with van der Waals surface area (Å²) in [6.45, 7) is 4.44. The maximum Gasteiger partial charge on any atom is 0.0650 e. The average molecular weight is 349 g/mol. The third kappa shape index (κ3) is 4.49. The molecule has 0 amide bonds. The van der Waals surface area contributed by atoms with E-state index in [9.17, 15) is 0 Å². The van der Waals surface area contributed by atoms with Crippen molar-refractivity contribution in [2.45, 2.75) is 26.2 Å². The Morgan fingerprint density at radius 2 is 1.83 bits per heavy atom. The Morgan fingerprint density at radius 1 is 1.09 bits per heavy atom. The van der Waals surface area contributed by atoms with Crippen LogP contribution in [0.1, 0.15) is 36.1 Å². The Bertz CT molecular complexity index is 677. The van der Waals surface area contributed by atoms with E-state index in [4.69, 9.17) is 11.6 Å². The summed E-state index contributed by atoms with van der Waals surface area (Å²) in [4.78, 5) is 7.00. The van der Waals surface area contributed by atoms with E-state index < -0.39 is 0 Å². The standard InChI is InChI=1S/C19H21ClN2.ClH/c1-15-14-21-17(10-9-16-7-3-4-8-18(16)20)13-19(15)22-11-5-2-6-12-22;/h3-4,7-10,13-14H,2,5-6,11-12H2,1H3;1H/b10-9-;. The molecule has 1 aromatic heterocycles. The fraction of sp³-hybridized carbons (Fsp3) is 0.316. The van der Waals surface area contributed by atoms with Crippen molar-refractivity contribution in [1.82, 2.24) is 4.98 Å². The van der Waals surface area contributed by atoms with E-state index in [-0.39, 0.29) is 12.4 Å². The number of benzene rings is 1. The second-order valence-electron chi connectivity index (χ2n) is 5.80. The van der Waals surface area contributed by atoms with Crippen LogP contribution in [0.25, 0.3) is 12.2 Å². The Hall–Kier alpha value is -1.51. The minimum atomic E-state index is 0. The van der Waals surface area contributed by atoms with E-state index in [0.29, 0.717) is 0 Å². The molecular formula is C19H22Cl2N2. The number of hydrogen-bond donors (Lipinski definition) is 0. The molecule has 0 saturated carbocycles. The number of halogens is 2. The van der Waals surface area contributed by atoms with Crippen LogP contribution in [-0.2, 0) is 0 Å². The normalized spacial score (nSPS) is 14.8. The summed E-state index contributed by atoms with van der Waals surface area (Å²) in [6.07, 6.45) is 9.95. The lowest BCUT2D eigenvalue weighted by molar-refractivity contribution is 0.577. The van der Waals surface area contributed by atoms with Gasteiger partial charge in [-0.1, -0.05) is 35.9 Å². The molecule has 1 aliphatic rings. The van der Waals surface area contributed by atoms with Crippen LogP contribution in [0.15, 0.2) is 36.5 Å². The number of aromatic nitrogens is 1. The number of rotatable bonds is 3. The topological polar surface area (TPSA) is 16.1 Å². The fourth-order valence-electron chi connectivity index (χ4n) is 2.88. The number of hydrogen-bond acceptors (Lipinski definition) is 2. The summed E-state index contributed by atoms with van der Waals surface area (Å²) in [6, 6.07) is 10.0. The zero-order valence-corrected chi connectivity index (χ0v) is 14.9. The van der Waals surface area contributed by atoms with E-state index in [1.807, 2.05) is 42.6 Å². The molecule has 0 unspecified atom stereocenters. The van der Waals surface area contributed by atoms with Gasteiger partial charge in [0.15, 0.2) is 0 Å². The van der Waals surface area contributed by atoms with Crippen LogP contribution in [0.2, 0.25) is 5.02 Å². The minimum Gasteiger partial charge on any atom is -0.371 e. The van der Waals surface area contributed by atoms with Crippen molar-refractivity contribution < 1.29 is 0 Å². The molecule has 4 heteroatoms. The van der Waals surface area contributed by atoms with Gasteiger partial charge in [-0.2, -0.15) is 0 Å². The molecule has 0 radical (unpaired) electrons. The second-order valence-corrected chi connectivity index (χ2v) is 6.21. The predicted molar refractivity (Wildman–Crippen MR) is 103 cm³/mol. The molecule has 122 valence electrons. The predicted octanol–water partition coefficient (Wildman–Crippen LogP) is 5.63. The van der Waals surface area contributed by atoms with Crippen LogP contribution in [0.5, 0.6) is 0 Å². The summed E-state index contributed by atoms with van der Waals surface area (Å²) in [7, 11) is 0. The Kier molecular flexibility index (Phi) is 6.49. The number of piperidine rings is 1. The smallest absolute Gasteiger partial charge is 0.0650 e. The SMILES string of the molecule is Cc1cnc(/C=C\c2ccccc2Cl)cc1N1CCCCC1.Cl. The molecule has 0 aliphatic carbocycles. The molecule has 1 saturated heterocycles. The quantitative estimate of drug-likeness (QED) is 0.714. The number of anilines is 1. The Labute approximate surface area is 149 Å². The first kappa shape index (κ1) is 17.8. The Balaban J connectivity index is 0.00000192. The number of pyridine rings is 1. The molecule has 0 N–H and O–H groups in total. The van der Waals surface area contributed by atoms with Crippen LogP contribution >= 0.6 is 24.0 Å². The van der Waals surface area contributed by atoms with Crippen LogP contribution < -0.4 is 4.90 Å². The monoisotopic (exact) mass is 348 g/mol. The molecule has 1 aromatic carbocycles. The molecule has 3 rings (SSSR count). The van der Waals surface area contributed by atoms with E-state index in [2.05, 4.69) is 22.9 Å². The maximum atomic E-state index is 6.19. The van der Waals surface area contributed by atoms with Crippen molar-refractivity contribution in [3.63, 3.8) is 0 Å². The largest absolute Gasteiger partial charge is 0.371 e. The fourth-order valence-corrected chi connectivity index (χ4v) is 3.08. The van der Waals surface area contributed by atoms with Gasteiger partial charge in [0.1, 0.15) is 0 Å². The molecule has 0 bridgehead atoms. The van der Waals surface area contributed by atoms with Crippen molar-refractivity contribution in [2.24, 2.45) is 0 Å².